The summed E-state index contributed by atoms with van der Waals surface area (Å²) < 4.78 is 44.0. The Hall–Kier alpha value is -1.11. The Morgan fingerprint density at radius 1 is 1.30 bits per heavy atom. The van der Waals surface area contributed by atoms with Gasteiger partial charge in [0.1, 0.15) is 5.60 Å². The lowest BCUT2D eigenvalue weighted by Gasteiger charge is -2.30. The Kier molecular flexibility index (Phi) is 4.36. The minimum Gasteiger partial charge on any atom is -0.396 e. The van der Waals surface area contributed by atoms with Gasteiger partial charge in [0.25, 0.3) is 0 Å². The lowest BCUT2D eigenvalue weighted by atomic mass is 9.84. The molecule has 1 heterocycles. The minimum atomic E-state index is -4.36. The van der Waals surface area contributed by atoms with E-state index in [-0.39, 0.29) is 32.2 Å². The van der Waals surface area contributed by atoms with Gasteiger partial charge in [-0.05, 0) is 17.5 Å². The summed E-state index contributed by atoms with van der Waals surface area (Å²) in [7, 11) is 0. The molecule has 0 bridgehead atoms. The Morgan fingerprint density at radius 2 is 2.05 bits per heavy atom. The van der Waals surface area contributed by atoms with Crippen molar-refractivity contribution in [2.45, 2.75) is 31.2 Å². The second kappa shape index (κ2) is 5.71. The number of aliphatic hydroxyl groups is 2. The normalized spacial score (nSPS) is 26.9. The number of halogens is 3. The molecule has 1 aliphatic rings. The molecular formula is C14H17F3O3. The van der Waals surface area contributed by atoms with Crippen molar-refractivity contribution < 1.29 is 28.1 Å². The van der Waals surface area contributed by atoms with Gasteiger partial charge in [-0.15, -0.1) is 0 Å². The van der Waals surface area contributed by atoms with Crippen LogP contribution in [0.1, 0.15) is 24.0 Å². The fourth-order valence-electron chi connectivity index (χ4n) is 2.68. The Labute approximate surface area is 115 Å². The minimum absolute atomic E-state index is 0.107. The molecule has 0 saturated carbocycles. The summed E-state index contributed by atoms with van der Waals surface area (Å²) in [6.07, 6.45) is -5.33. The van der Waals surface area contributed by atoms with Crippen LogP contribution in [0.25, 0.3) is 0 Å². The molecule has 112 valence electrons. The van der Waals surface area contributed by atoms with Gasteiger partial charge in [-0.1, -0.05) is 24.3 Å². The molecule has 1 fully saturated rings. The Balaban J connectivity index is 2.36. The molecule has 1 aliphatic heterocycles. The highest BCUT2D eigenvalue weighted by atomic mass is 19.4. The van der Waals surface area contributed by atoms with Crippen molar-refractivity contribution in [3.63, 3.8) is 0 Å². The lowest BCUT2D eigenvalue weighted by molar-refractivity contribution is -0.181. The summed E-state index contributed by atoms with van der Waals surface area (Å²) in [4.78, 5) is 0. The first-order valence-corrected chi connectivity index (χ1v) is 6.40. The quantitative estimate of drug-likeness (QED) is 0.895. The van der Waals surface area contributed by atoms with Gasteiger partial charge in [-0.2, -0.15) is 13.2 Å². The van der Waals surface area contributed by atoms with E-state index in [1.807, 2.05) is 0 Å². The van der Waals surface area contributed by atoms with Crippen LogP contribution < -0.4 is 0 Å². The highest BCUT2D eigenvalue weighted by molar-refractivity contribution is 5.29. The third-order valence-electron chi connectivity index (χ3n) is 3.59. The third-order valence-corrected chi connectivity index (χ3v) is 3.59. The maximum atomic E-state index is 12.9. The van der Waals surface area contributed by atoms with Crippen LogP contribution in [-0.2, 0) is 16.9 Å². The van der Waals surface area contributed by atoms with Crippen LogP contribution in [0.15, 0.2) is 24.3 Å². The molecule has 1 aromatic rings. The Morgan fingerprint density at radius 3 is 2.60 bits per heavy atom. The van der Waals surface area contributed by atoms with Crippen molar-refractivity contribution in [1.29, 1.82) is 0 Å². The van der Waals surface area contributed by atoms with E-state index in [1.165, 1.54) is 6.07 Å². The van der Waals surface area contributed by atoms with Crippen LogP contribution in [0.4, 0.5) is 13.2 Å². The number of hydrogen-bond donors (Lipinski definition) is 2. The molecule has 1 aromatic carbocycles. The molecule has 20 heavy (non-hydrogen) atoms. The number of rotatable bonds is 4. The molecule has 2 atom stereocenters. The fraction of sp³-hybridized carbons (Fsp3) is 0.571. The van der Waals surface area contributed by atoms with Gasteiger partial charge in [0.2, 0.25) is 0 Å². The molecule has 2 rings (SSSR count). The smallest absolute Gasteiger partial charge is 0.392 e. The van der Waals surface area contributed by atoms with Gasteiger partial charge < -0.3 is 14.9 Å². The van der Waals surface area contributed by atoms with Crippen molar-refractivity contribution >= 4 is 0 Å². The summed E-state index contributed by atoms with van der Waals surface area (Å²) in [5.41, 5.74) is -0.519. The van der Waals surface area contributed by atoms with Gasteiger partial charge >= 0.3 is 6.18 Å². The van der Waals surface area contributed by atoms with Crippen LogP contribution in [0.2, 0.25) is 0 Å². The fourth-order valence-corrected chi connectivity index (χ4v) is 2.68. The van der Waals surface area contributed by atoms with E-state index in [2.05, 4.69) is 0 Å². The van der Waals surface area contributed by atoms with Crippen LogP contribution >= 0.6 is 0 Å². The third kappa shape index (κ3) is 3.31. The Bertz CT molecular complexity index is 461. The topological polar surface area (TPSA) is 49.7 Å². The summed E-state index contributed by atoms with van der Waals surface area (Å²) in [5, 5.41) is 18.3. The van der Waals surface area contributed by atoms with Crippen LogP contribution in [0, 0.1) is 5.92 Å². The first-order chi connectivity index (χ1) is 9.38. The molecule has 0 unspecified atom stereocenters. The van der Waals surface area contributed by atoms with Gasteiger partial charge in [0, 0.05) is 12.5 Å². The highest BCUT2D eigenvalue weighted by Crippen LogP contribution is 2.46. The zero-order chi connectivity index (χ0) is 14.8. The number of benzene rings is 1. The van der Waals surface area contributed by atoms with E-state index >= 15 is 0 Å². The molecular weight excluding hydrogens is 273 g/mol. The molecule has 6 heteroatoms. The van der Waals surface area contributed by atoms with E-state index in [9.17, 15) is 13.2 Å². The number of ether oxygens (including phenoxy) is 1. The van der Waals surface area contributed by atoms with Gasteiger partial charge in [0.05, 0.1) is 19.6 Å². The van der Waals surface area contributed by atoms with Gasteiger partial charge in [0.15, 0.2) is 0 Å². The van der Waals surface area contributed by atoms with Crippen molar-refractivity contribution in [2.24, 2.45) is 5.92 Å². The van der Waals surface area contributed by atoms with E-state index in [4.69, 9.17) is 14.9 Å². The monoisotopic (exact) mass is 290 g/mol. The molecule has 0 aromatic heterocycles. The van der Waals surface area contributed by atoms with Crippen molar-refractivity contribution in [3.05, 3.63) is 35.4 Å². The van der Waals surface area contributed by atoms with E-state index in [1.54, 1.807) is 18.2 Å². The summed E-state index contributed by atoms with van der Waals surface area (Å²) in [5.74, 6) is -0.296. The average molecular weight is 290 g/mol. The second-order valence-corrected chi connectivity index (χ2v) is 5.21. The standard InChI is InChI=1S/C14H17F3O3/c15-14(16,17)9-13(5-11(7-19)8-20-13)12-3-1-2-10(4-12)6-18/h1-4,11,18-19H,5-9H2/t11-,13+/m1/s1. The zero-order valence-electron chi connectivity index (χ0n) is 10.9. The van der Waals surface area contributed by atoms with Gasteiger partial charge in [-0.25, -0.2) is 0 Å². The predicted octanol–water partition coefficient (Wildman–Crippen LogP) is 2.36. The predicted molar refractivity (Wildman–Crippen MR) is 65.9 cm³/mol. The first-order valence-electron chi connectivity index (χ1n) is 6.40. The van der Waals surface area contributed by atoms with E-state index in [0.717, 1.165) is 0 Å². The maximum Gasteiger partial charge on any atom is 0.392 e. The number of hydrogen-bond acceptors (Lipinski definition) is 3. The SMILES string of the molecule is OCc1cccc([C@@]2(CC(F)(F)F)C[C@H](CO)CO2)c1. The number of alkyl halides is 3. The second-order valence-electron chi connectivity index (χ2n) is 5.21. The summed E-state index contributed by atoms with van der Waals surface area (Å²) in [6, 6.07) is 6.36. The maximum absolute atomic E-state index is 12.9. The van der Waals surface area contributed by atoms with Crippen LogP contribution in [0.3, 0.4) is 0 Å². The van der Waals surface area contributed by atoms with E-state index < -0.39 is 18.2 Å². The highest BCUT2D eigenvalue weighted by Gasteiger charge is 2.49. The first kappa shape index (κ1) is 15.3. The average Bonchev–Trinajstić information content (AvgIpc) is 2.81. The molecule has 0 spiro atoms. The molecule has 0 aliphatic carbocycles. The molecule has 1 saturated heterocycles. The summed E-state index contributed by atoms with van der Waals surface area (Å²) in [6.45, 7) is -0.325. The molecule has 0 radical (unpaired) electrons. The molecule has 0 amide bonds. The molecule has 3 nitrogen and oxygen atoms in total. The van der Waals surface area contributed by atoms with Crippen molar-refractivity contribution in [1.82, 2.24) is 0 Å². The van der Waals surface area contributed by atoms with Crippen LogP contribution in [-0.4, -0.2) is 29.6 Å². The largest absolute Gasteiger partial charge is 0.396 e. The van der Waals surface area contributed by atoms with Crippen molar-refractivity contribution in [2.75, 3.05) is 13.2 Å². The molecule has 2 N–H and O–H groups in total. The zero-order valence-corrected chi connectivity index (χ0v) is 10.9. The van der Waals surface area contributed by atoms with Gasteiger partial charge in [-0.3, -0.25) is 0 Å². The van der Waals surface area contributed by atoms with E-state index in [0.29, 0.717) is 11.1 Å². The lowest BCUT2D eigenvalue weighted by Crippen LogP contribution is -2.32. The number of aliphatic hydroxyl groups excluding tert-OH is 2. The van der Waals surface area contributed by atoms with Crippen LogP contribution in [0.5, 0.6) is 0 Å². The summed E-state index contributed by atoms with van der Waals surface area (Å²) >= 11 is 0. The van der Waals surface area contributed by atoms with Crippen molar-refractivity contribution in [3.8, 4) is 0 Å².